The average molecular weight is 689 g/mol. The van der Waals surface area contributed by atoms with Gasteiger partial charge in [-0.3, -0.25) is 0 Å². The van der Waals surface area contributed by atoms with Crippen LogP contribution in [-0.2, 0) is 50.1 Å². The molecule has 0 spiro atoms. The lowest BCUT2D eigenvalue weighted by Crippen LogP contribution is -2.60. The van der Waals surface area contributed by atoms with Crippen molar-refractivity contribution in [1.82, 2.24) is 0 Å². The molecule has 6 heteroatoms. The van der Waals surface area contributed by atoms with E-state index in [2.05, 4.69) is 137 Å². The molecule has 0 amide bonds. The van der Waals surface area contributed by atoms with Crippen LogP contribution in [0.4, 0.5) is 0 Å². The Labute approximate surface area is 301 Å². The molecule has 0 aromatic heterocycles. The standard InChI is InChI=1S/C44H48O5S/c1-31-10-18-35(19-11-31)26-45-30-40-41(46-27-36-20-12-32(2)13-21-36)42(47-28-37-22-14-33(3)15-23-37)43(48-29-38-24-16-34(4)17-25-38)44(49-40)50-39-8-6-5-7-9-39/h5-25,40-44H,26-30H2,1-4H3/t40-,41+,42+,43-,44+/m1/s1. The van der Waals surface area contributed by atoms with E-state index in [1.165, 1.54) is 22.3 Å². The summed E-state index contributed by atoms with van der Waals surface area (Å²) in [7, 11) is 0. The van der Waals surface area contributed by atoms with Crippen LogP contribution in [0.5, 0.6) is 0 Å². The van der Waals surface area contributed by atoms with Crippen molar-refractivity contribution in [3.05, 3.63) is 172 Å². The zero-order valence-electron chi connectivity index (χ0n) is 29.5. The van der Waals surface area contributed by atoms with Crippen LogP contribution in [0.25, 0.3) is 0 Å². The van der Waals surface area contributed by atoms with Gasteiger partial charge in [0.15, 0.2) is 0 Å². The van der Waals surface area contributed by atoms with E-state index in [9.17, 15) is 0 Å². The van der Waals surface area contributed by atoms with Crippen molar-refractivity contribution in [2.45, 2.75) is 88.9 Å². The molecule has 0 saturated carbocycles. The maximum absolute atomic E-state index is 6.99. The van der Waals surface area contributed by atoms with Gasteiger partial charge in [-0.05, 0) is 62.1 Å². The molecule has 1 saturated heterocycles. The fourth-order valence-electron chi connectivity index (χ4n) is 5.92. The highest BCUT2D eigenvalue weighted by molar-refractivity contribution is 7.99. The zero-order chi connectivity index (χ0) is 34.7. The van der Waals surface area contributed by atoms with Crippen LogP contribution >= 0.6 is 11.8 Å². The van der Waals surface area contributed by atoms with Crippen molar-refractivity contribution >= 4 is 11.8 Å². The molecule has 0 unspecified atom stereocenters. The van der Waals surface area contributed by atoms with Crippen molar-refractivity contribution in [3.8, 4) is 0 Å². The number of ether oxygens (including phenoxy) is 5. The molecule has 1 fully saturated rings. The van der Waals surface area contributed by atoms with Crippen LogP contribution in [0, 0.1) is 27.7 Å². The lowest BCUT2D eigenvalue weighted by atomic mass is 9.98. The molecule has 1 heterocycles. The lowest BCUT2D eigenvalue weighted by Gasteiger charge is -2.46. The molecule has 1 aliphatic rings. The first-order chi connectivity index (χ1) is 24.4. The molecular weight excluding hydrogens is 641 g/mol. The molecule has 50 heavy (non-hydrogen) atoms. The highest BCUT2D eigenvalue weighted by atomic mass is 32.2. The molecule has 260 valence electrons. The molecule has 0 N–H and O–H groups in total. The molecule has 1 aliphatic heterocycles. The van der Waals surface area contributed by atoms with Crippen LogP contribution in [0.1, 0.15) is 44.5 Å². The first-order valence-corrected chi connectivity index (χ1v) is 18.3. The summed E-state index contributed by atoms with van der Waals surface area (Å²) in [6, 6.07) is 44.2. The second-order valence-electron chi connectivity index (χ2n) is 13.3. The highest BCUT2D eigenvalue weighted by Gasteiger charge is 2.49. The minimum Gasteiger partial charge on any atom is -0.374 e. The summed E-state index contributed by atoms with van der Waals surface area (Å²) in [6.45, 7) is 10.4. The molecule has 5 aromatic carbocycles. The Bertz CT molecular complexity index is 1720. The minimum atomic E-state index is -0.463. The monoisotopic (exact) mass is 688 g/mol. The fourth-order valence-corrected chi connectivity index (χ4v) is 7.06. The smallest absolute Gasteiger partial charge is 0.137 e. The van der Waals surface area contributed by atoms with Crippen LogP contribution in [0.3, 0.4) is 0 Å². The van der Waals surface area contributed by atoms with Gasteiger partial charge in [0, 0.05) is 4.90 Å². The lowest BCUT2D eigenvalue weighted by molar-refractivity contribution is -0.254. The van der Waals surface area contributed by atoms with Crippen LogP contribution in [0.2, 0.25) is 0 Å². The number of rotatable bonds is 15. The summed E-state index contributed by atoms with van der Waals surface area (Å²) in [5.41, 5.74) is 8.87. The van der Waals surface area contributed by atoms with Crippen LogP contribution in [-0.4, -0.2) is 36.5 Å². The van der Waals surface area contributed by atoms with E-state index in [1.807, 2.05) is 18.2 Å². The van der Waals surface area contributed by atoms with E-state index in [4.69, 9.17) is 23.7 Å². The van der Waals surface area contributed by atoms with Crippen molar-refractivity contribution in [2.75, 3.05) is 6.61 Å². The van der Waals surface area contributed by atoms with Gasteiger partial charge in [-0.2, -0.15) is 0 Å². The summed E-state index contributed by atoms with van der Waals surface area (Å²) in [4.78, 5) is 1.09. The van der Waals surface area contributed by atoms with Gasteiger partial charge in [-0.15, -0.1) is 0 Å². The SMILES string of the molecule is Cc1ccc(COC[C@H]2O[C@@H](Sc3ccccc3)[C@H](OCc3ccc(C)cc3)[C@@H](OCc3ccc(C)cc3)[C@H]2OCc2ccc(C)cc2)cc1. The second kappa shape index (κ2) is 18.0. The third-order valence-electron chi connectivity index (χ3n) is 8.95. The Morgan fingerprint density at radius 3 is 1.32 bits per heavy atom. The van der Waals surface area contributed by atoms with Gasteiger partial charge in [0.2, 0.25) is 0 Å². The third-order valence-corrected chi connectivity index (χ3v) is 10.1. The van der Waals surface area contributed by atoms with Gasteiger partial charge < -0.3 is 23.7 Å². The predicted octanol–water partition coefficient (Wildman–Crippen LogP) is 9.71. The van der Waals surface area contributed by atoms with Crippen molar-refractivity contribution in [2.24, 2.45) is 0 Å². The fraction of sp³-hybridized carbons (Fsp3) is 0.318. The van der Waals surface area contributed by atoms with Crippen LogP contribution < -0.4 is 0 Å². The largest absolute Gasteiger partial charge is 0.374 e. The van der Waals surface area contributed by atoms with E-state index in [1.54, 1.807) is 11.8 Å². The number of hydrogen-bond acceptors (Lipinski definition) is 6. The molecule has 0 aliphatic carbocycles. The van der Waals surface area contributed by atoms with Gasteiger partial charge in [-0.25, -0.2) is 0 Å². The van der Waals surface area contributed by atoms with Gasteiger partial charge >= 0.3 is 0 Å². The molecule has 5 atom stereocenters. The third kappa shape index (κ3) is 10.4. The normalized spacial score (nSPS) is 20.5. The van der Waals surface area contributed by atoms with Gasteiger partial charge in [-0.1, -0.05) is 149 Å². The zero-order valence-corrected chi connectivity index (χ0v) is 30.3. The Balaban J connectivity index is 1.32. The number of benzene rings is 5. The Hall–Kier alpha value is -3.75. The second-order valence-corrected chi connectivity index (χ2v) is 14.4. The number of hydrogen-bond donors (Lipinski definition) is 0. The first kappa shape index (κ1) is 36.1. The molecular formula is C44H48O5S. The van der Waals surface area contributed by atoms with E-state index in [0.717, 1.165) is 27.1 Å². The van der Waals surface area contributed by atoms with Crippen molar-refractivity contribution in [3.63, 3.8) is 0 Å². The summed E-state index contributed by atoms with van der Waals surface area (Å²) in [5, 5.41) is 0. The van der Waals surface area contributed by atoms with E-state index in [-0.39, 0.29) is 5.44 Å². The summed E-state index contributed by atoms with van der Waals surface area (Å²) in [5.74, 6) is 0. The molecule has 0 radical (unpaired) electrons. The average Bonchev–Trinajstić information content (AvgIpc) is 3.13. The first-order valence-electron chi connectivity index (χ1n) is 17.4. The molecule has 5 nitrogen and oxygen atoms in total. The van der Waals surface area contributed by atoms with Crippen molar-refractivity contribution in [1.29, 1.82) is 0 Å². The van der Waals surface area contributed by atoms with E-state index < -0.39 is 24.4 Å². The Morgan fingerprint density at radius 2 is 0.860 bits per heavy atom. The van der Waals surface area contributed by atoms with Gasteiger partial charge in [0.05, 0.1) is 33.0 Å². The number of aryl methyl sites for hydroxylation is 4. The highest BCUT2D eigenvalue weighted by Crippen LogP contribution is 2.38. The molecule has 0 bridgehead atoms. The maximum Gasteiger partial charge on any atom is 0.137 e. The minimum absolute atomic E-state index is 0.341. The summed E-state index contributed by atoms with van der Waals surface area (Å²) in [6.07, 6.45) is -1.76. The Kier molecular flexibility index (Phi) is 12.9. The maximum atomic E-state index is 6.99. The molecule has 5 aromatic rings. The van der Waals surface area contributed by atoms with E-state index in [0.29, 0.717) is 33.0 Å². The summed E-state index contributed by atoms with van der Waals surface area (Å²) >= 11 is 1.65. The Morgan fingerprint density at radius 1 is 0.460 bits per heavy atom. The van der Waals surface area contributed by atoms with Crippen molar-refractivity contribution < 1.29 is 23.7 Å². The topological polar surface area (TPSA) is 46.2 Å². The van der Waals surface area contributed by atoms with Gasteiger partial charge in [0.25, 0.3) is 0 Å². The predicted molar refractivity (Wildman–Crippen MR) is 201 cm³/mol. The quantitative estimate of drug-likeness (QED) is 0.109. The van der Waals surface area contributed by atoms with E-state index >= 15 is 0 Å². The summed E-state index contributed by atoms with van der Waals surface area (Å²) < 4.78 is 34.0. The van der Waals surface area contributed by atoms with Gasteiger partial charge in [0.1, 0.15) is 29.9 Å². The van der Waals surface area contributed by atoms with Crippen LogP contribution in [0.15, 0.2) is 132 Å². The molecule has 6 rings (SSSR count). The number of thioether (sulfide) groups is 1.